The van der Waals surface area contributed by atoms with Crippen LogP contribution in [-0.4, -0.2) is 40.5 Å². The molecule has 1 saturated heterocycles. The molecule has 1 amide bonds. The molecule has 98 valence electrons. The summed E-state index contributed by atoms with van der Waals surface area (Å²) >= 11 is 1.40. The number of nitrogens with one attached hydrogen (secondary N) is 2. The summed E-state index contributed by atoms with van der Waals surface area (Å²) < 4.78 is 0. The second-order valence-electron chi connectivity index (χ2n) is 4.36. The normalized spacial score (nSPS) is 14.9. The largest absolute Gasteiger partial charge is 0.350 e. The van der Waals surface area contributed by atoms with Gasteiger partial charge in [-0.3, -0.25) is 14.8 Å². The molecule has 0 spiro atoms. The molecule has 2 aromatic heterocycles. The number of nitrogens with zero attached hydrogens (tertiary/aromatic N) is 3. The zero-order valence-electron chi connectivity index (χ0n) is 10.2. The third kappa shape index (κ3) is 2.77. The molecule has 0 aliphatic carbocycles. The van der Waals surface area contributed by atoms with E-state index in [1.807, 2.05) is 0 Å². The van der Waals surface area contributed by atoms with Crippen molar-refractivity contribution in [3.8, 4) is 10.7 Å². The Bertz CT molecular complexity index is 567. The fraction of sp³-hybridized carbons (Fsp3) is 0.333. The summed E-state index contributed by atoms with van der Waals surface area (Å²) in [5, 5.41) is 8.53. The first-order valence-electron chi connectivity index (χ1n) is 6.04. The van der Waals surface area contributed by atoms with E-state index in [1.165, 1.54) is 11.3 Å². The van der Waals surface area contributed by atoms with Crippen LogP contribution in [0.25, 0.3) is 10.7 Å². The quantitative estimate of drug-likeness (QED) is 0.852. The van der Waals surface area contributed by atoms with Crippen LogP contribution >= 0.6 is 11.3 Å². The number of aromatic nitrogens is 3. The number of carbonyl (C=O) groups excluding carboxylic acids is 1. The smallest absolute Gasteiger partial charge is 0.270 e. The topological polar surface area (TPSA) is 79.8 Å². The molecule has 0 unspecified atom stereocenters. The molecule has 6 nitrogen and oxygen atoms in total. The van der Waals surface area contributed by atoms with E-state index in [-0.39, 0.29) is 5.91 Å². The summed E-state index contributed by atoms with van der Waals surface area (Å²) in [6, 6.07) is 0. The number of hydrogen-bond acceptors (Lipinski definition) is 6. The molecule has 3 rings (SSSR count). The van der Waals surface area contributed by atoms with Crippen molar-refractivity contribution in [3.05, 3.63) is 29.7 Å². The van der Waals surface area contributed by atoms with Crippen LogP contribution in [0.15, 0.2) is 24.0 Å². The number of thiazole rings is 1. The zero-order chi connectivity index (χ0) is 13.1. The maximum Gasteiger partial charge on any atom is 0.270 e. The van der Waals surface area contributed by atoms with Gasteiger partial charge < -0.3 is 10.6 Å². The maximum absolute atomic E-state index is 11.9. The lowest BCUT2D eigenvalue weighted by molar-refractivity contribution is 0.0938. The monoisotopic (exact) mass is 275 g/mol. The van der Waals surface area contributed by atoms with E-state index in [4.69, 9.17) is 0 Å². The first-order chi connectivity index (χ1) is 9.33. The third-order valence-electron chi connectivity index (χ3n) is 2.94. The van der Waals surface area contributed by atoms with Crippen LogP contribution in [0.2, 0.25) is 0 Å². The van der Waals surface area contributed by atoms with E-state index in [0.29, 0.717) is 28.9 Å². The van der Waals surface area contributed by atoms with E-state index in [1.54, 1.807) is 24.0 Å². The summed E-state index contributed by atoms with van der Waals surface area (Å²) in [6.45, 7) is 2.65. The van der Waals surface area contributed by atoms with Crippen LogP contribution in [0.5, 0.6) is 0 Å². The Morgan fingerprint density at radius 3 is 3.05 bits per heavy atom. The number of carbonyl (C=O) groups is 1. The van der Waals surface area contributed by atoms with E-state index in [0.717, 1.165) is 13.1 Å². The predicted molar refractivity (Wildman–Crippen MR) is 71.8 cm³/mol. The van der Waals surface area contributed by atoms with Gasteiger partial charge in [0.1, 0.15) is 16.4 Å². The minimum absolute atomic E-state index is 0.127. The predicted octanol–water partition coefficient (Wildman–Crippen LogP) is 0.549. The van der Waals surface area contributed by atoms with E-state index >= 15 is 0 Å². The number of amides is 1. The van der Waals surface area contributed by atoms with Crippen molar-refractivity contribution in [3.63, 3.8) is 0 Å². The highest BCUT2D eigenvalue weighted by Crippen LogP contribution is 2.20. The molecule has 2 N–H and O–H groups in total. The van der Waals surface area contributed by atoms with Crippen LogP contribution < -0.4 is 10.6 Å². The van der Waals surface area contributed by atoms with Crippen molar-refractivity contribution in [1.82, 2.24) is 25.6 Å². The minimum Gasteiger partial charge on any atom is -0.350 e. The maximum atomic E-state index is 11.9. The minimum atomic E-state index is -0.127. The van der Waals surface area contributed by atoms with Crippen molar-refractivity contribution in [2.24, 2.45) is 5.92 Å². The van der Waals surface area contributed by atoms with E-state index < -0.39 is 0 Å². The van der Waals surface area contributed by atoms with Gasteiger partial charge in [0.15, 0.2) is 0 Å². The molecular weight excluding hydrogens is 262 g/mol. The molecule has 0 aromatic carbocycles. The molecule has 7 heteroatoms. The molecule has 0 atom stereocenters. The highest BCUT2D eigenvalue weighted by Gasteiger charge is 2.18. The Kier molecular flexibility index (Phi) is 3.47. The summed E-state index contributed by atoms with van der Waals surface area (Å²) in [5.41, 5.74) is 1.13. The summed E-state index contributed by atoms with van der Waals surface area (Å²) in [4.78, 5) is 24.4. The number of rotatable bonds is 4. The molecule has 1 fully saturated rings. The average molecular weight is 275 g/mol. The Hall–Kier alpha value is -1.86. The molecule has 3 heterocycles. The van der Waals surface area contributed by atoms with Gasteiger partial charge in [-0.05, 0) is 0 Å². The average Bonchev–Trinajstić information content (AvgIpc) is 2.87. The van der Waals surface area contributed by atoms with Gasteiger partial charge in [-0.15, -0.1) is 11.3 Å². The van der Waals surface area contributed by atoms with Crippen molar-refractivity contribution >= 4 is 17.2 Å². The van der Waals surface area contributed by atoms with Crippen LogP contribution in [0.3, 0.4) is 0 Å². The van der Waals surface area contributed by atoms with Crippen LogP contribution in [0, 0.1) is 5.92 Å². The zero-order valence-corrected chi connectivity index (χ0v) is 11.0. The highest BCUT2D eigenvalue weighted by atomic mass is 32.1. The second-order valence-corrected chi connectivity index (χ2v) is 5.22. The molecular formula is C12H13N5OS. The second kappa shape index (κ2) is 5.41. The van der Waals surface area contributed by atoms with Gasteiger partial charge in [-0.2, -0.15) is 0 Å². The van der Waals surface area contributed by atoms with Crippen LogP contribution in [0.4, 0.5) is 0 Å². The lowest BCUT2D eigenvalue weighted by Gasteiger charge is -2.26. The van der Waals surface area contributed by atoms with Crippen molar-refractivity contribution < 1.29 is 4.79 Å². The molecule has 1 aliphatic heterocycles. The van der Waals surface area contributed by atoms with Gasteiger partial charge in [0.2, 0.25) is 0 Å². The molecule has 2 aromatic rings. The molecule has 19 heavy (non-hydrogen) atoms. The SMILES string of the molecule is O=C(NCC1CNC1)c1csc(-c2cnccn2)n1. The fourth-order valence-electron chi connectivity index (χ4n) is 1.73. The molecule has 1 aliphatic rings. The van der Waals surface area contributed by atoms with Gasteiger partial charge >= 0.3 is 0 Å². The standard InChI is InChI=1S/C12H13N5OS/c18-11(16-5-8-3-14-4-8)10-7-19-12(17-10)9-6-13-1-2-15-9/h1-2,6-8,14H,3-5H2,(H,16,18). The van der Waals surface area contributed by atoms with Crippen molar-refractivity contribution in [1.29, 1.82) is 0 Å². The van der Waals surface area contributed by atoms with Crippen molar-refractivity contribution in [2.75, 3.05) is 19.6 Å². The first-order valence-corrected chi connectivity index (χ1v) is 6.92. The third-order valence-corrected chi connectivity index (χ3v) is 3.80. The van der Waals surface area contributed by atoms with E-state index in [9.17, 15) is 4.79 Å². The summed E-state index contributed by atoms with van der Waals surface area (Å²) in [5.74, 6) is 0.417. The molecule has 0 radical (unpaired) electrons. The van der Waals surface area contributed by atoms with Crippen LogP contribution in [-0.2, 0) is 0 Å². The molecule has 0 saturated carbocycles. The lowest BCUT2D eigenvalue weighted by Crippen LogP contribution is -2.48. The Balaban J connectivity index is 1.65. The van der Waals surface area contributed by atoms with Crippen molar-refractivity contribution in [2.45, 2.75) is 0 Å². The lowest BCUT2D eigenvalue weighted by atomic mass is 10.0. The Labute approximate surface area is 114 Å². The fourth-order valence-corrected chi connectivity index (χ4v) is 2.49. The highest BCUT2D eigenvalue weighted by molar-refractivity contribution is 7.13. The summed E-state index contributed by atoms with van der Waals surface area (Å²) in [7, 11) is 0. The Morgan fingerprint density at radius 1 is 1.47 bits per heavy atom. The van der Waals surface area contributed by atoms with Gasteiger partial charge in [0.25, 0.3) is 5.91 Å². The van der Waals surface area contributed by atoms with Gasteiger partial charge in [-0.25, -0.2) is 4.98 Å². The van der Waals surface area contributed by atoms with Gasteiger partial charge in [-0.1, -0.05) is 0 Å². The Morgan fingerprint density at radius 2 is 2.37 bits per heavy atom. The van der Waals surface area contributed by atoms with E-state index in [2.05, 4.69) is 25.6 Å². The summed E-state index contributed by atoms with van der Waals surface area (Å²) in [6.07, 6.45) is 4.86. The van der Waals surface area contributed by atoms with Gasteiger partial charge in [0.05, 0.1) is 6.20 Å². The number of hydrogen-bond donors (Lipinski definition) is 2. The van der Waals surface area contributed by atoms with Crippen LogP contribution in [0.1, 0.15) is 10.5 Å². The first kappa shape index (κ1) is 12.2. The molecule has 0 bridgehead atoms. The van der Waals surface area contributed by atoms with Gasteiger partial charge in [0, 0.05) is 43.3 Å².